The van der Waals surface area contributed by atoms with Gasteiger partial charge >= 0.3 is 0 Å². The number of hydrogen-bond acceptors (Lipinski definition) is 3. The molecule has 0 unspecified atom stereocenters. The zero-order valence-electron chi connectivity index (χ0n) is 15.9. The third-order valence-electron chi connectivity index (χ3n) is 6.88. The average Bonchev–Trinajstić information content (AvgIpc) is 2.69. The van der Waals surface area contributed by atoms with Crippen LogP contribution in [0.15, 0.2) is 30.3 Å². The zero-order chi connectivity index (χ0) is 17.1. The van der Waals surface area contributed by atoms with E-state index in [1.165, 1.54) is 83.5 Å². The molecule has 2 saturated heterocycles. The number of nitrogens with zero attached hydrogens (tertiary/aromatic N) is 3. The normalized spacial score (nSPS) is 30.5. The molecule has 1 aromatic carbocycles. The number of anilines is 1. The second-order valence-corrected chi connectivity index (χ2v) is 8.55. The number of hydrogen-bond donors (Lipinski definition) is 0. The minimum atomic E-state index is 0.829. The van der Waals surface area contributed by atoms with Crippen LogP contribution in [0.2, 0.25) is 0 Å². The number of para-hydroxylation sites is 1. The van der Waals surface area contributed by atoms with Crippen molar-refractivity contribution in [1.82, 2.24) is 9.80 Å². The van der Waals surface area contributed by atoms with Crippen molar-refractivity contribution in [3.05, 3.63) is 30.3 Å². The van der Waals surface area contributed by atoms with Gasteiger partial charge in [-0.25, -0.2) is 0 Å². The van der Waals surface area contributed by atoms with Crippen LogP contribution in [0.4, 0.5) is 5.69 Å². The van der Waals surface area contributed by atoms with Gasteiger partial charge in [-0.1, -0.05) is 38.0 Å². The van der Waals surface area contributed by atoms with E-state index in [4.69, 9.17) is 0 Å². The van der Waals surface area contributed by atoms with Crippen molar-refractivity contribution in [2.75, 3.05) is 44.2 Å². The van der Waals surface area contributed by atoms with E-state index < -0.39 is 0 Å². The Labute approximate surface area is 154 Å². The minimum Gasteiger partial charge on any atom is -0.369 e. The topological polar surface area (TPSA) is 9.72 Å². The maximum Gasteiger partial charge on any atom is 0.0367 e. The van der Waals surface area contributed by atoms with Crippen LogP contribution in [0.1, 0.15) is 45.4 Å². The van der Waals surface area contributed by atoms with Gasteiger partial charge in [-0.3, -0.25) is 4.90 Å². The molecule has 0 radical (unpaired) electrons. The summed E-state index contributed by atoms with van der Waals surface area (Å²) >= 11 is 0. The molecular formula is C22H35N3. The zero-order valence-corrected chi connectivity index (χ0v) is 15.9. The fraction of sp³-hybridized carbons (Fsp3) is 0.727. The first-order chi connectivity index (χ1) is 12.3. The van der Waals surface area contributed by atoms with Gasteiger partial charge in [0.25, 0.3) is 0 Å². The largest absolute Gasteiger partial charge is 0.369 e. The van der Waals surface area contributed by atoms with Gasteiger partial charge in [0.15, 0.2) is 0 Å². The van der Waals surface area contributed by atoms with E-state index in [1.54, 1.807) is 0 Å². The first-order valence-corrected chi connectivity index (χ1v) is 10.6. The molecule has 3 nitrogen and oxygen atoms in total. The van der Waals surface area contributed by atoms with Crippen LogP contribution in [0, 0.1) is 5.92 Å². The van der Waals surface area contributed by atoms with E-state index in [-0.39, 0.29) is 0 Å². The molecule has 1 aliphatic carbocycles. The van der Waals surface area contributed by atoms with Crippen molar-refractivity contribution in [2.45, 2.75) is 57.5 Å². The highest BCUT2D eigenvalue weighted by Crippen LogP contribution is 2.30. The Bertz CT molecular complexity index is 515. The summed E-state index contributed by atoms with van der Waals surface area (Å²) in [5.74, 6) is 0.947. The van der Waals surface area contributed by atoms with Gasteiger partial charge in [-0.05, 0) is 56.8 Å². The predicted octanol–water partition coefficient (Wildman–Crippen LogP) is 3.85. The number of piperidine rings is 1. The Morgan fingerprint density at radius 3 is 2.08 bits per heavy atom. The lowest BCUT2D eigenvalue weighted by Crippen LogP contribution is -2.54. The Balaban J connectivity index is 1.24. The highest BCUT2D eigenvalue weighted by molar-refractivity contribution is 5.46. The number of piperazine rings is 1. The van der Waals surface area contributed by atoms with E-state index in [0.717, 1.165) is 18.0 Å². The number of likely N-dealkylation sites (tertiary alicyclic amines) is 1. The van der Waals surface area contributed by atoms with Crippen LogP contribution in [0.3, 0.4) is 0 Å². The summed E-state index contributed by atoms with van der Waals surface area (Å²) in [6, 6.07) is 12.6. The quantitative estimate of drug-likeness (QED) is 0.827. The third-order valence-corrected chi connectivity index (χ3v) is 6.88. The molecule has 2 aliphatic heterocycles. The van der Waals surface area contributed by atoms with Crippen molar-refractivity contribution in [2.24, 2.45) is 5.92 Å². The molecule has 3 heteroatoms. The van der Waals surface area contributed by atoms with Crippen molar-refractivity contribution in [3.63, 3.8) is 0 Å². The molecular weight excluding hydrogens is 306 g/mol. The molecule has 2 atom stereocenters. The van der Waals surface area contributed by atoms with Crippen LogP contribution < -0.4 is 4.90 Å². The van der Waals surface area contributed by atoms with Crippen molar-refractivity contribution in [3.8, 4) is 0 Å². The molecule has 0 amide bonds. The van der Waals surface area contributed by atoms with Crippen molar-refractivity contribution in [1.29, 1.82) is 0 Å². The van der Waals surface area contributed by atoms with Crippen molar-refractivity contribution >= 4 is 5.69 Å². The second-order valence-electron chi connectivity index (χ2n) is 8.55. The highest BCUT2D eigenvalue weighted by atomic mass is 15.3. The summed E-state index contributed by atoms with van der Waals surface area (Å²) in [4.78, 5) is 8.15. The summed E-state index contributed by atoms with van der Waals surface area (Å²) in [5, 5.41) is 0. The molecule has 0 bridgehead atoms. The van der Waals surface area contributed by atoms with Gasteiger partial charge in [-0.2, -0.15) is 0 Å². The van der Waals surface area contributed by atoms with Crippen molar-refractivity contribution < 1.29 is 0 Å². The minimum absolute atomic E-state index is 0.829. The lowest BCUT2D eigenvalue weighted by molar-refractivity contribution is 0.0603. The van der Waals surface area contributed by atoms with E-state index in [9.17, 15) is 0 Å². The Hall–Kier alpha value is -1.06. The fourth-order valence-corrected chi connectivity index (χ4v) is 5.33. The van der Waals surface area contributed by atoms with Gasteiger partial charge in [0.05, 0.1) is 0 Å². The van der Waals surface area contributed by atoms with Crippen LogP contribution >= 0.6 is 0 Å². The van der Waals surface area contributed by atoms with E-state index in [1.807, 2.05) is 0 Å². The SMILES string of the molecule is C[C@@H]1CCC[C@H](N2CCC(N3CCN(c4ccccc4)CC3)CC2)C1. The maximum atomic E-state index is 2.83. The fourth-order valence-electron chi connectivity index (χ4n) is 5.33. The van der Waals surface area contributed by atoms with Crippen LogP contribution in [-0.2, 0) is 0 Å². The molecule has 2 heterocycles. The predicted molar refractivity (Wildman–Crippen MR) is 106 cm³/mol. The van der Waals surface area contributed by atoms with E-state index in [2.05, 4.69) is 52.0 Å². The van der Waals surface area contributed by atoms with Gasteiger partial charge in [0, 0.05) is 44.0 Å². The molecule has 1 aromatic rings. The van der Waals surface area contributed by atoms with Crippen LogP contribution in [0.5, 0.6) is 0 Å². The van der Waals surface area contributed by atoms with E-state index in [0.29, 0.717) is 0 Å². The number of rotatable bonds is 3. The first kappa shape index (κ1) is 17.4. The molecule has 0 spiro atoms. The maximum absolute atomic E-state index is 2.83. The lowest BCUT2D eigenvalue weighted by atomic mass is 9.85. The third kappa shape index (κ3) is 4.20. The average molecular weight is 342 g/mol. The monoisotopic (exact) mass is 341 g/mol. The highest BCUT2D eigenvalue weighted by Gasteiger charge is 2.31. The standard InChI is InChI=1S/C22H35N3/c1-19-6-5-9-22(18-19)23-12-10-21(11-13-23)25-16-14-24(15-17-25)20-7-3-2-4-8-20/h2-4,7-8,19,21-22H,5-6,9-18H2,1H3/t19-,22+/m1/s1. The molecule has 0 aromatic heterocycles. The number of benzene rings is 1. The summed E-state index contributed by atoms with van der Waals surface area (Å²) in [6.45, 7) is 9.96. The van der Waals surface area contributed by atoms with Crippen LogP contribution in [-0.4, -0.2) is 61.2 Å². The molecule has 25 heavy (non-hydrogen) atoms. The summed E-state index contributed by atoms with van der Waals surface area (Å²) < 4.78 is 0. The summed E-state index contributed by atoms with van der Waals surface area (Å²) in [5.41, 5.74) is 1.39. The Morgan fingerprint density at radius 2 is 1.40 bits per heavy atom. The lowest BCUT2D eigenvalue weighted by Gasteiger charge is -2.45. The first-order valence-electron chi connectivity index (χ1n) is 10.6. The Kier molecular flexibility index (Phi) is 5.62. The molecule has 3 aliphatic rings. The molecule has 1 saturated carbocycles. The second kappa shape index (κ2) is 8.09. The summed E-state index contributed by atoms with van der Waals surface area (Å²) in [6.07, 6.45) is 8.57. The molecule has 4 rings (SSSR count). The molecule has 3 fully saturated rings. The Morgan fingerprint density at radius 1 is 0.720 bits per heavy atom. The van der Waals surface area contributed by atoms with Gasteiger partial charge in [-0.15, -0.1) is 0 Å². The van der Waals surface area contributed by atoms with Gasteiger partial charge < -0.3 is 9.80 Å². The van der Waals surface area contributed by atoms with Gasteiger partial charge in [0.1, 0.15) is 0 Å². The smallest absolute Gasteiger partial charge is 0.0367 e. The molecule has 0 N–H and O–H groups in total. The summed E-state index contributed by atoms with van der Waals surface area (Å²) in [7, 11) is 0. The van der Waals surface area contributed by atoms with E-state index >= 15 is 0 Å². The van der Waals surface area contributed by atoms with Gasteiger partial charge in [0.2, 0.25) is 0 Å². The van der Waals surface area contributed by atoms with Crippen LogP contribution in [0.25, 0.3) is 0 Å². The molecule has 138 valence electrons.